The number of para-hydroxylation sites is 2. The SMILES string of the molecule is CC(C)(O)CCOc1ccccc1[N+](=O)[O-]. The molecule has 88 valence electrons. The molecule has 1 N–H and O–H groups in total. The van der Waals surface area contributed by atoms with Crippen LogP contribution in [-0.4, -0.2) is 22.2 Å². The minimum atomic E-state index is -0.830. The van der Waals surface area contributed by atoms with Crippen molar-refractivity contribution < 1.29 is 14.8 Å². The van der Waals surface area contributed by atoms with Gasteiger partial charge in [0.1, 0.15) is 0 Å². The Morgan fingerprint density at radius 1 is 1.44 bits per heavy atom. The monoisotopic (exact) mass is 225 g/mol. The third-order valence-electron chi connectivity index (χ3n) is 2.03. The normalized spacial score (nSPS) is 11.2. The second kappa shape index (κ2) is 4.94. The zero-order chi connectivity index (χ0) is 12.2. The highest BCUT2D eigenvalue weighted by atomic mass is 16.6. The Balaban J connectivity index is 2.64. The minimum absolute atomic E-state index is 0.0572. The van der Waals surface area contributed by atoms with E-state index in [1.54, 1.807) is 32.0 Å². The second-order valence-corrected chi connectivity index (χ2v) is 4.14. The van der Waals surface area contributed by atoms with Crippen molar-refractivity contribution in [3.05, 3.63) is 34.4 Å². The fraction of sp³-hybridized carbons (Fsp3) is 0.455. The number of nitrogens with zero attached hydrogens (tertiary/aromatic N) is 1. The van der Waals surface area contributed by atoms with Gasteiger partial charge in [0.2, 0.25) is 0 Å². The smallest absolute Gasteiger partial charge is 0.310 e. The minimum Gasteiger partial charge on any atom is -0.487 e. The van der Waals surface area contributed by atoms with E-state index in [9.17, 15) is 15.2 Å². The van der Waals surface area contributed by atoms with Crippen molar-refractivity contribution in [2.45, 2.75) is 25.9 Å². The lowest BCUT2D eigenvalue weighted by atomic mass is 10.1. The van der Waals surface area contributed by atoms with Crippen molar-refractivity contribution in [1.29, 1.82) is 0 Å². The second-order valence-electron chi connectivity index (χ2n) is 4.14. The van der Waals surface area contributed by atoms with Gasteiger partial charge in [-0.25, -0.2) is 0 Å². The summed E-state index contributed by atoms with van der Waals surface area (Å²) in [6.07, 6.45) is 0.416. The summed E-state index contributed by atoms with van der Waals surface area (Å²) < 4.78 is 5.27. The van der Waals surface area contributed by atoms with Gasteiger partial charge in [-0.2, -0.15) is 0 Å². The summed E-state index contributed by atoms with van der Waals surface area (Å²) in [6.45, 7) is 3.57. The Morgan fingerprint density at radius 2 is 2.06 bits per heavy atom. The van der Waals surface area contributed by atoms with E-state index in [0.29, 0.717) is 6.42 Å². The molecule has 0 aromatic heterocycles. The molecular weight excluding hydrogens is 210 g/mol. The Kier molecular flexibility index (Phi) is 3.84. The summed E-state index contributed by atoms with van der Waals surface area (Å²) in [5.41, 5.74) is -0.887. The zero-order valence-electron chi connectivity index (χ0n) is 9.34. The number of aliphatic hydroxyl groups is 1. The molecule has 5 nitrogen and oxygen atoms in total. The van der Waals surface area contributed by atoms with Crippen LogP contribution in [0.5, 0.6) is 5.75 Å². The molecule has 16 heavy (non-hydrogen) atoms. The van der Waals surface area contributed by atoms with Gasteiger partial charge in [-0.3, -0.25) is 10.1 Å². The Bertz CT molecular complexity index is 370. The summed E-state index contributed by atoms with van der Waals surface area (Å²) >= 11 is 0. The third kappa shape index (κ3) is 3.86. The van der Waals surface area contributed by atoms with Crippen molar-refractivity contribution >= 4 is 5.69 Å². The molecule has 1 aromatic carbocycles. The molecule has 0 fully saturated rings. The van der Waals surface area contributed by atoms with Crippen molar-refractivity contribution in [1.82, 2.24) is 0 Å². The van der Waals surface area contributed by atoms with Crippen LogP contribution in [0.4, 0.5) is 5.69 Å². The molecule has 0 amide bonds. The van der Waals surface area contributed by atoms with Crippen LogP contribution in [0, 0.1) is 10.1 Å². The van der Waals surface area contributed by atoms with E-state index in [-0.39, 0.29) is 18.0 Å². The third-order valence-corrected chi connectivity index (χ3v) is 2.03. The lowest BCUT2D eigenvalue weighted by Gasteiger charge is -2.16. The maximum Gasteiger partial charge on any atom is 0.310 e. The van der Waals surface area contributed by atoms with Gasteiger partial charge in [0, 0.05) is 12.5 Å². The first-order valence-corrected chi connectivity index (χ1v) is 4.99. The molecule has 0 unspecified atom stereocenters. The summed E-state index contributed by atoms with van der Waals surface area (Å²) in [7, 11) is 0. The van der Waals surface area contributed by atoms with E-state index in [0.717, 1.165) is 0 Å². The number of rotatable bonds is 5. The van der Waals surface area contributed by atoms with Gasteiger partial charge in [0.15, 0.2) is 5.75 Å². The van der Waals surface area contributed by atoms with Crippen molar-refractivity contribution in [3.8, 4) is 5.75 Å². The van der Waals surface area contributed by atoms with Crippen LogP contribution in [0.15, 0.2) is 24.3 Å². The zero-order valence-corrected chi connectivity index (χ0v) is 9.34. The maximum atomic E-state index is 10.7. The average molecular weight is 225 g/mol. The molecule has 0 aliphatic rings. The largest absolute Gasteiger partial charge is 0.487 e. The van der Waals surface area contributed by atoms with Crippen LogP contribution >= 0.6 is 0 Å². The number of nitro benzene ring substituents is 1. The van der Waals surface area contributed by atoms with Crippen LogP contribution in [0.2, 0.25) is 0 Å². The molecule has 1 rings (SSSR count). The van der Waals surface area contributed by atoms with E-state index in [2.05, 4.69) is 0 Å². The van der Waals surface area contributed by atoms with Crippen LogP contribution in [0.1, 0.15) is 20.3 Å². The molecule has 0 saturated carbocycles. The maximum absolute atomic E-state index is 10.7. The van der Waals surface area contributed by atoms with Crippen LogP contribution in [0.3, 0.4) is 0 Å². The molecule has 0 aliphatic heterocycles. The first kappa shape index (κ1) is 12.4. The van der Waals surface area contributed by atoms with Gasteiger partial charge in [-0.05, 0) is 19.9 Å². The molecular formula is C11H15NO4. The van der Waals surface area contributed by atoms with E-state index in [1.807, 2.05) is 0 Å². The average Bonchev–Trinajstić information content (AvgIpc) is 2.16. The number of hydrogen-bond acceptors (Lipinski definition) is 4. The lowest BCUT2D eigenvalue weighted by molar-refractivity contribution is -0.385. The molecule has 0 spiro atoms. The molecule has 1 aromatic rings. The number of benzene rings is 1. The predicted octanol–water partition coefficient (Wildman–Crippen LogP) is 2.13. The summed E-state index contributed by atoms with van der Waals surface area (Å²) in [4.78, 5) is 10.2. The van der Waals surface area contributed by atoms with Gasteiger partial charge < -0.3 is 9.84 Å². The molecule has 5 heteroatoms. The topological polar surface area (TPSA) is 72.6 Å². The quantitative estimate of drug-likeness (QED) is 0.615. The van der Waals surface area contributed by atoms with Gasteiger partial charge in [0.05, 0.1) is 17.1 Å². The molecule has 0 heterocycles. The van der Waals surface area contributed by atoms with Crippen LogP contribution in [0.25, 0.3) is 0 Å². The molecule has 0 saturated heterocycles. The Hall–Kier alpha value is -1.62. The first-order chi connectivity index (χ1) is 7.40. The van der Waals surface area contributed by atoms with Gasteiger partial charge in [-0.15, -0.1) is 0 Å². The summed E-state index contributed by atoms with van der Waals surface area (Å²) in [6, 6.07) is 6.19. The van der Waals surface area contributed by atoms with Gasteiger partial charge in [-0.1, -0.05) is 12.1 Å². The van der Waals surface area contributed by atoms with E-state index in [4.69, 9.17) is 4.74 Å². The van der Waals surface area contributed by atoms with E-state index < -0.39 is 10.5 Å². The van der Waals surface area contributed by atoms with Crippen molar-refractivity contribution in [2.75, 3.05) is 6.61 Å². The number of hydrogen-bond donors (Lipinski definition) is 1. The predicted molar refractivity (Wildman–Crippen MR) is 59.5 cm³/mol. The fourth-order valence-corrected chi connectivity index (χ4v) is 1.14. The van der Waals surface area contributed by atoms with Crippen LogP contribution < -0.4 is 4.74 Å². The molecule has 0 atom stereocenters. The van der Waals surface area contributed by atoms with Crippen molar-refractivity contribution in [3.63, 3.8) is 0 Å². The fourth-order valence-electron chi connectivity index (χ4n) is 1.14. The number of nitro groups is 1. The highest BCUT2D eigenvalue weighted by Gasteiger charge is 2.16. The van der Waals surface area contributed by atoms with Gasteiger partial charge >= 0.3 is 5.69 Å². The van der Waals surface area contributed by atoms with E-state index in [1.165, 1.54) is 6.07 Å². The van der Waals surface area contributed by atoms with E-state index >= 15 is 0 Å². The highest BCUT2D eigenvalue weighted by Crippen LogP contribution is 2.26. The Labute approximate surface area is 93.8 Å². The highest BCUT2D eigenvalue weighted by molar-refractivity contribution is 5.45. The molecule has 0 radical (unpaired) electrons. The number of ether oxygens (including phenoxy) is 1. The standard InChI is InChI=1S/C11H15NO4/c1-11(2,13)7-8-16-10-6-4-3-5-9(10)12(14)15/h3-6,13H,7-8H2,1-2H3. The summed E-state index contributed by atoms with van der Waals surface area (Å²) in [5.74, 6) is 0.233. The Morgan fingerprint density at radius 3 is 2.62 bits per heavy atom. The van der Waals surface area contributed by atoms with Gasteiger partial charge in [0.25, 0.3) is 0 Å². The van der Waals surface area contributed by atoms with Crippen molar-refractivity contribution in [2.24, 2.45) is 0 Å². The lowest BCUT2D eigenvalue weighted by Crippen LogP contribution is -2.21. The molecule has 0 bridgehead atoms. The summed E-state index contributed by atoms with van der Waals surface area (Å²) in [5, 5.41) is 20.1. The first-order valence-electron chi connectivity index (χ1n) is 4.99. The molecule has 0 aliphatic carbocycles. The van der Waals surface area contributed by atoms with Crippen LogP contribution in [-0.2, 0) is 0 Å².